The highest BCUT2D eigenvalue weighted by molar-refractivity contribution is 5.82. The molecule has 0 aromatic carbocycles. The zero-order valence-electron chi connectivity index (χ0n) is 9.11. The summed E-state index contributed by atoms with van der Waals surface area (Å²) in [6.45, 7) is 2.36. The van der Waals surface area contributed by atoms with Crippen LogP contribution in [-0.2, 0) is 9.59 Å². The maximum atomic E-state index is 11.7. The third-order valence-electron chi connectivity index (χ3n) is 2.74. The van der Waals surface area contributed by atoms with Gasteiger partial charge < -0.3 is 16.4 Å². The van der Waals surface area contributed by atoms with Crippen molar-refractivity contribution in [3.05, 3.63) is 0 Å². The van der Waals surface area contributed by atoms with E-state index in [4.69, 9.17) is 11.5 Å². The van der Waals surface area contributed by atoms with E-state index in [1.165, 1.54) is 0 Å². The lowest BCUT2D eigenvalue weighted by Gasteiger charge is -2.36. The number of rotatable bonds is 3. The number of nitrogens with two attached hydrogens (primary N) is 2. The monoisotopic (exact) mass is 213 g/mol. The third kappa shape index (κ3) is 3.20. The molecule has 0 radical (unpaired) electrons. The van der Waals surface area contributed by atoms with E-state index in [0.717, 1.165) is 19.3 Å². The molecule has 1 aliphatic heterocycles. The molecule has 0 aliphatic carbocycles. The summed E-state index contributed by atoms with van der Waals surface area (Å²) in [5, 5.41) is 0. The highest BCUT2D eigenvalue weighted by Gasteiger charge is 2.29. The van der Waals surface area contributed by atoms with Gasteiger partial charge in [0.2, 0.25) is 11.8 Å². The van der Waals surface area contributed by atoms with Crippen LogP contribution in [0.4, 0.5) is 0 Å². The summed E-state index contributed by atoms with van der Waals surface area (Å²) in [7, 11) is 0. The van der Waals surface area contributed by atoms with Crippen LogP contribution >= 0.6 is 0 Å². The van der Waals surface area contributed by atoms with Gasteiger partial charge in [0, 0.05) is 19.0 Å². The molecular formula is C10H19N3O2. The Morgan fingerprint density at radius 2 is 2.13 bits per heavy atom. The number of nitrogens with zero attached hydrogens (tertiary/aromatic N) is 1. The van der Waals surface area contributed by atoms with Crippen LogP contribution in [0.3, 0.4) is 0 Å². The Hall–Kier alpha value is -1.10. The van der Waals surface area contributed by atoms with Crippen LogP contribution in [0.5, 0.6) is 0 Å². The topological polar surface area (TPSA) is 89.4 Å². The average Bonchev–Trinajstić information content (AvgIpc) is 2.16. The van der Waals surface area contributed by atoms with Crippen LogP contribution in [0.15, 0.2) is 0 Å². The Morgan fingerprint density at radius 3 is 2.67 bits per heavy atom. The fourth-order valence-corrected chi connectivity index (χ4v) is 2.00. The molecule has 2 amide bonds. The fraction of sp³-hybridized carbons (Fsp3) is 0.800. The van der Waals surface area contributed by atoms with Crippen molar-refractivity contribution in [1.82, 2.24) is 4.90 Å². The Balaban J connectivity index is 2.65. The number of hydrogen-bond acceptors (Lipinski definition) is 3. The van der Waals surface area contributed by atoms with E-state index in [-0.39, 0.29) is 24.3 Å². The second-order valence-electron chi connectivity index (χ2n) is 4.14. The van der Waals surface area contributed by atoms with Crippen molar-refractivity contribution in [1.29, 1.82) is 0 Å². The molecule has 5 heteroatoms. The number of amides is 2. The first kappa shape index (κ1) is 12.0. The van der Waals surface area contributed by atoms with Crippen molar-refractivity contribution >= 4 is 11.8 Å². The van der Waals surface area contributed by atoms with E-state index in [1.807, 2.05) is 0 Å². The molecule has 1 aliphatic rings. The van der Waals surface area contributed by atoms with Gasteiger partial charge in [0.1, 0.15) is 0 Å². The minimum absolute atomic E-state index is 0.0465. The van der Waals surface area contributed by atoms with Crippen molar-refractivity contribution < 1.29 is 9.59 Å². The average molecular weight is 213 g/mol. The highest BCUT2D eigenvalue weighted by atomic mass is 16.2. The number of carbonyl (C=O) groups excluding carboxylic acids is 2. The molecule has 5 nitrogen and oxygen atoms in total. The maximum Gasteiger partial charge on any atom is 0.239 e. The predicted molar refractivity (Wildman–Crippen MR) is 56.8 cm³/mol. The molecule has 1 heterocycles. The van der Waals surface area contributed by atoms with Crippen LogP contribution in [-0.4, -0.2) is 35.3 Å². The lowest BCUT2D eigenvalue weighted by molar-refractivity contribution is -0.136. The zero-order chi connectivity index (χ0) is 11.4. The molecular weight excluding hydrogens is 194 g/mol. The van der Waals surface area contributed by atoms with Gasteiger partial charge in [-0.3, -0.25) is 9.59 Å². The van der Waals surface area contributed by atoms with E-state index in [1.54, 1.807) is 11.8 Å². The van der Waals surface area contributed by atoms with Gasteiger partial charge in [-0.2, -0.15) is 0 Å². The first-order valence-electron chi connectivity index (χ1n) is 5.36. The van der Waals surface area contributed by atoms with E-state index >= 15 is 0 Å². The summed E-state index contributed by atoms with van der Waals surface area (Å²) < 4.78 is 0. The van der Waals surface area contributed by atoms with Crippen LogP contribution in [0.1, 0.15) is 32.6 Å². The van der Waals surface area contributed by atoms with Crippen molar-refractivity contribution in [2.75, 3.05) is 6.54 Å². The SMILES string of the molecule is C[C@H](N)C(=O)N1CCCCC1CC(N)=O. The fourth-order valence-electron chi connectivity index (χ4n) is 2.00. The largest absolute Gasteiger partial charge is 0.370 e. The molecule has 2 atom stereocenters. The van der Waals surface area contributed by atoms with Crippen LogP contribution < -0.4 is 11.5 Å². The van der Waals surface area contributed by atoms with E-state index in [9.17, 15) is 9.59 Å². The van der Waals surface area contributed by atoms with Crippen LogP contribution in [0.2, 0.25) is 0 Å². The van der Waals surface area contributed by atoms with Crippen molar-refractivity contribution in [3.63, 3.8) is 0 Å². The molecule has 0 saturated carbocycles. The standard InChI is InChI=1S/C10H19N3O2/c1-7(11)10(15)13-5-3-2-4-8(13)6-9(12)14/h7-8H,2-6,11H2,1H3,(H2,12,14)/t7-,8?/m0/s1. The van der Waals surface area contributed by atoms with Gasteiger partial charge in [-0.05, 0) is 26.2 Å². The van der Waals surface area contributed by atoms with Gasteiger partial charge in [-0.15, -0.1) is 0 Å². The molecule has 15 heavy (non-hydrogen) atoms. The highest BCUT2D eigenvalue weighted by Crippen LogP contribution is 2.20. The van der Waals surface area contributed by atoms with Gasteiger partial charge in [0.15, 0.2) is 0 Å². The quantitative estimate of drug-likeness (QED) is 0.668. The molecule has 0 aromatic rings. The first-order valence-corrected chi connectivity index (χ1v) is 5.36. The molecule has 1 saturated heterocycles. The Kier molecular flexibility index (Phi) is 4.08. The van der Waals surface area contributed by atoms with Crippen LogP contribution in [0.25, 0.3) is 0 Å². The number of carbonyl (C=O) groups is 2. The van der Waals surface area contributed by atoms with Gasteiger partial charge in [-0.1, -0.05) is 0 Å². The number of piperidine rings is 1. The zero-order valence-corrected chi connectivity index (χ0v) is 9.11. The molecule has 1 rings (SSSR count). The van der Waals surface area contributed by atoms with Gasteiger partial charge >= 0.3 is 0 Å². The summed E-state index contributed by atoms with van der Waals surface area (Å²) in [6, 6.07) is -0.548. The van der Waals surface area contributed by atoms with E-state index < -0.39 is 6.04 Å². The molecule has 86 valence electrons. The number of primary amides is 1. The minimum atomic E-state index is -0.501. The van der Waals surface area contributed by atoms with E-state index in [0.29, 0.717) is 6.54 Å². The second kappa shape index (κ2) is 5.11. The molecule has 1 unspecified atom stereocenters. The molecule has 0 aromatic heterocycles. The lowest BCUT2D eigenvalue weighted by Crippen LogP contribution is -2.50. The van der Waals surface area contributed by atoms with Crippen molar-refractivity contribution in [2.45, 2.75) is 44.7 Å². The van der Waals surface area contributed by atoms with Crippen LogP contribution in [0, 0.1) is 0 Å². The summed E-state index contributed by atoms with van der Waals surface area (Å²) in [6.07, 6.45) is 3.12. The molecule has 4 N–H and O–H groups in total. The number of hydrogen-bond donors (Lipinski definition) is 2. The molecule has 1 fully saturated rings. The maximum absolute atomic E-state index is 11.7. The van der Waals surface area contributed by atoms with Crippen molar-refractivity contribution in [2.24, 2.45) is 11.5 Å². The van der Waals surface area contributed by atoms with Gasteiger partial charge in [-0.25, -0.2) is 0 Å². The Bertz CT molecular complexity index is 253. The molecule has 0 spiro atoms. The minimum Gasteiger partial charge on any atom is -0.370 e. The third-order valence-corrected chi connectivity index (χ3v) is 2.74. The van der Waals surface area contributed by atoms with Crippen molar-refractivity contribution in [3.8, 4) is 0 Å². The van der Waals surface area contributed by atoms with Gasteiger partial charge in [0.25, 0.3) is 0 Å². The summed E-state index contributed by atoms with van der Waals surface area (Å²) in [4.78, 5) is 24.3. The first-order chi connectivity index (χ1) is 7.02. The Labute approximate surface area is 89.8 Å². The second-order valence-corrected chi connectivity index (χ2v) is 4.14. The summed E-state index contributed by atoms with van der Waals surface area (Å²) in [5.74, 6) is -0.440. The summed E-state index contributed by atoms with van der Waals surface area (Å²) >= 11 is 0. The normalized spacial score (nSPS) is 23.6. The molecule has 0 bridgehead atoms. The number of likely N-dealkylation sites (tertiary alicyclic amines) is 1. The Morgan fingerprint density at radius 1 is 1.47 bits per heavy atom. The summed E-state index contributed by atoms with van der Waals surface area (Å²) in [5.41, 5.74) is 10.7. The lowest BCUT2D eigenvalue weighted by atomic mass is 9.98. The predicted octanol–water partition coefficient (Wildman–Crippen LogP) is -0.410. The van der Waals surface area contributed by atoms with Gasteiger partial charge in [0.05, 0.1) is 6.04 Å². The smallest absolute Gasteiger partial charge is 0.239 e. The van der Waals surface area contributed by atoms with E-state index in [2.05, 4.69) is 0 Å².